The number of hydrogen-bond acceptors (Lipinski definition) is 6. The van der Waals surface area contributed by atoms with E-state index in [0.717, 1.165) is 11.4 Å². The van der Waals surface area contributed by atoms with Crippen molar-refractivity contribution in [3.63, 3.8) is 0 Å². The summed E-state index contributed by atoms with van der Waals surface area (Å²) in [5.41, 5.74) is 5.23. The summed E-state index contributed by atoms with van der Waals surface area (Å²) in [6.07, 6.45) is 2.36. The fraction of sp³-hybridized carbons (Fsp3) is 0.368. The van der Waals surface area contributed by atoms with E-state index in [1.165, 1.54) is 6.20 Å². The Kier molecular flexibility index (Phi) is 6.46. The van der Waals surface area contributed by atoms with Crippen LogP contribution in [0.15, 0.2) is 36.5 Å². The second kappa shape index (κ2) is 8.59. The van der Waals surface area contributed by atoms with Gasteiger partial charge in [-0.25, -0.2) is 9.97 Å². The van der Waals surface area contributed by atoms with Crippen molar-refractivity contribution in [2.45, 2.75) is 32.3 Å². The summed E-state index contributed by atoms with van der Waals surface area (Å²) in [6, 6.07) is 9.14. The van der Waals surface area contributed by atoms with Gasteiger partial charge in [-0.2, -0.15) is 0 Å². The lowest BCUT2D eigenvalue weighted by atomic mass is 9.99. The van der Waals surface area contributed by atoms with Crippen molar-refractivity contribution in [1.29, 1.82) is 0 Å². The van der Waals surface area contributed by atoms with Gasteiger partial charge in [-0.15, -0.1) is 0 Å². The first-order valence-corrected chi connectivity index (χ1v) is 8.60. The second-order valence-electron chi connectivity index (χ2n) is 6.28. The smallest absolute Gasteiger partial charge is 0.286 e. The van der Waals surface area contributed by atoms with Gasteiger partial charge < -0.3 is 20.5 Å². The van der Waals surface area contributed by atoms with Crippen LogP contribution in [0.25, 0.3) is 0 Å². The molecule has 0 spiro atoms. The molecule has 1 atom stereocenters. The van der Waals surface area contributed by atoms with Crippen molar-refractivity contribution < 1.29 is 19.4 Å². The first-order valence-electron chi connectivity index (χ1n) is 8.60. The van der Waals surface area contributed by atoms with Crippen LogP contribution in [0.1, 0.15) is 43.0 Å². The number of aliphatic hydroxyl groups is 1. The van der Waals surface area contributed by atoms with Gasteiger partial charge >= 0.3 is 0 Å². The maximum atomic E-state index is 11.4. The lowest BCUT2D eigenvalue weighted by Gasteiger charge is -2.20. The van der Waals surface area contributed by atoms with Crippen LogP contribution in [0.5, 0.6) is 5.75 Å². The Hall–Kier alpha value is -3.00. The first-order chi connectivity index (χ1) is 12.8. The van der Waals surface area contributed by atoms with Crippen LogP contribution in [-0.4, -0.2) is 40.5 Å². The molecule has 0 saturated heterocycles. The average Bonchev–Trinajstić information content (AvgIpc) is 2.81. The molecule has 2 aromatic rings. The molecule has 8 nitrogen and oxygen atoms in total. The molecule has 144 valence electrons. The number of amides is 2. The van der Waals surface area contributed by atoms with Crippen LogP contribution >= 0.6 is 0 Å². The number of rotatable bonds is 3. The molecule has 3 rings (SSSR count). The third kappa shape index (κ3) is 5.01. The van der Waals surface area contributed by atoms with Crippen molar-refractivity contribution in [3.05, 3.63) is 48.0 Å². The van der Waals surface area contributed by atoms with E-state index in [4.69, 9.17) is 10.5 Å². The predicted molar refractivity (Wildman–Crippen MR) is 100 cm³/mol. The minimum atomic E-state index is -1.05. The largest absolute Gasteiger partial charge is 0.491 e. The number of carbonyl (C=O) groups is 2. The highest BCUT2D eigenvalue weighted by atomic mass is 16.5. The Bertz CT molecular complexity index is 823. The molecule has 2 amide bonds. The Labute approximate surface area is 158 Å². The highest BCUT2D eigenvalue weighted by Crippen LogP contribution is 2.29. The Morgan fingerprint density at radius 1 is 1.37 bits per heavy atom. The lowest BCUT2D eigenvalue weighted by Crippen LogP contribution is -2.24. The zero-order chi connectivity index (χ0) is 20.0. The van der Waals surface area contributed by atoms with E-state index in [2.05, 4.69) is 9.97 Å². The quantitative estimate of drug-likeness (QED) is 0.845. The molecular formula is C19H24N4O4. The van der Waals surface area contributed by atoms with Crippen molar-refractivity contribution >= 4 is 17.5 Å². The number of benzene rings is 1. The van der Waals surface area contributed by atoms with Crippen LogP contribution in [0, 0.1) is 0 Å². The number of fused-ring (bicyclic) bond motifs is 1. The molecule has 3 N–H and O–H groups in total. The number of primary amides is 1. The van der Waals surface area contributed by atoms with E-state index in [-0.39, 0.29) is 11.7 Å². The normalized spacial score (nSPS) is 15.4. The molecule has 1 unspecified atom stereocenters. The summed E-state index contributed by atoms with van der Waals surface area (Å²) in [7, 11) is 1.77. The second-order valence-corrected chi connectivity index (χ2v) is 6.28. The van der Waals surface area contributed by atoms with Crippen LogP contribution in [0.4, 0.5) is 5.69 Å². The molecule has 0 aliphatic carbocycles. The number of aromatic nitrogens is 2. The van der Waals surface area contributed by atoms with Crippen molar-refractivity contribution in [2.24, 2.45) is 5.73 Å². The van der Waals surface area contributed by atoms with E-state index >= 15 is 0 Å². The number of carbonyl (C=O) groups excluding carboxylic acids is 2. The van der Waals surface area contributed by atoms with Crippen LogP contribution < -0.4 is 15.4 Å². The van der Waals surface area contributed by atoms with E-state index in [0.29, 0.717) is 25.1 Å². The van der Waals surface area contributed by atoms with Gasteiger partial charge in [-0.3, -0.25) is 9.59 Å². The third-order valence-corrected chi connectivity index (χ3v) is 4.29. The minimum Gasteiger partial charge on any atom is -0.491 e. The highest BCUT2D eigenvalue weighted by Gasteiger charge is 2.23. The standard InChI is InChI=1S/C10H11NO2.C9H13N3O2/c1-11-8-4-2-3-5-9(8)13-7-6-10(11)12;1-3-9(2,14)6-4-5-11-8(12-6)7(10)13/h2-5H,6-7H2,1H3;4-5,14H,3H2,1-2H3,(H2,10,13). The van der Waals surface area contributed by atoms with Crippen LogP contribution in [0.2, 0.25) is 0 Å². The Morgan fingerprint density at radius 2 is 2.07 bits per heavy atom. The predicted octanol–water partition coefficient (Wildman–Crippen LogP) is 1.62. The summed E-state index contributed by atoms with van der Waals surface area (Å²) in [5, 5.41) is 9.86. The number of nitrogens with two attached hydrogens (primary N) is 1. The van der Waals surface area contributed by atoms with Crippen LogP contribution in [-0.2, 0) is 10.4 Å². The molecule has 27 heavy (non-hydrogen) atoms. The fourth-order valence-electron chi connectivity index (χ4n) is 2.37. The van der Waals surface area contributed by atoms with Gasteiger partial charge in [0.2, 0.25) is 11.7 Å². The maximum absolute atomic E-state index is 11.4. The Morgan fingerprint density at radius 3 is 2.74 bits per heavy atom. The van der Waals surface area contributed by atoms with E-state index in [9.17, 15) is 14.7 Å². The lowest BCUT2D eigenvalue weighted by molar-refractivity contribution is -0.118. The van der Waals surface area contributed by atoms with Gasteiger partial charge in [0.05, 0.1) is 24.4 Å². The molecule has 2 heterocycles. The van der Waals surface area contributed by atoms with E-state index in [1.807, 2.05) is 31.2 Å². The van der Waals surface area contributed by atoms with E-state index in [1.54, 1.807) is 24.9 Å². The van der Waals surface area contributed by atoms with Gasteiger partial charge in [-0.05, 0) is 31.5 Å². The van der Waals surface area contributed by atoms with Crippen LogP contribution in [0.3, 0.4) is 0 Å². The molecule has 0 saturated carbocycles. The average molecular weight is 372 g/mol. The Balaban J connectivity index is 0.000000194. The summed E-state index contributed by atoms with van der Waals surface area (Å²) >= 11 is 0. The minimum absolute atomic E-state index is 0.0729. The SMILES string of the molecule is CCC(C)(O)c1ccnc(C(N)=O)n1.CN1C(=O)CCOc2ccccc21. The summed E-state index contributed by atoms with van der Waals surface area (Å²) < 4.78 is 5.43. The van der Waals surface area contributed by atoms with Gasteiger partial charge in [-0.1, -0.05) is 19.1 Å². The monoisotopic (exact) mass is 372 g/mol. The first kappa shape index (κ1) is 20.3. The number of nitrogens with zero attached hydrogens (tertiary/aromatic N) is 3. The molecule has 0 bridgehead atoms. The fourth-order valence-corrected chi connectivity index (χ4v) is 2.37. The summed E-state index contributed by atoms with van der Waals surface area (Å²) in [5.74, 6) is 0.121. The number of ether oxygens (including phenoxy) is 1. The van der Waals surface area contributed by atoms with Gasteiger partial charge in [0, 0.05) is 13.2 Å². The summed E-state index contributed by atoms with van der Waals surface area (Å²) in [6.45, 7) is 3.92. The van der Waals surface area contributed by atoms with Crippen molar-refractivity contribution in [2.75, 3.05) is 18.6 Å². The molecule has 1 aromatic heterocycles. The number of anilines is 1. The summed E-state index contributed by atoms with van der Waals surface area (Å²) in [4.78, 5) is 31.4. The zero-order valence-electron chi connectivity index (χ0n) is 15.7. The van der Waals surface area contributed by atoms with Gasteiger partial charge in [0.25, 0.3) is 5.91 Å². The maximum Gasteiger partial charge on any atom is 0.286 e. The molecular weight excluding hydrogens is 348 g/mol. The topological polar surface area (TPSA) is 119 Å². The van der Waals surface area contributed by atoms with Gasteiger partial charge in [0.1, 0.15) is 11.4 Å². The number of hydrogen-bond donors (Lipinski definition) is 2. The molecule has 8 heteroatoms. The van der Waals surface area contributed by atoms with Crippen molar-refractivity contribution in [1.82, 2.24) is 9.97 Å². The zero-order valence-corrected chi connectivity index (χ0v) is 15.7. The molecule has 0 radical (unpaired) electrons. The molecule has 1 aliphatic rings. The molecule has 1 aliphatic heterocycles. The van der Waals surface area contributed by atoms with Crippen molar-refractivity contribution in [3.8, 4) is 5.75 Å². The molecule has 1 aromatic carbocycles. The van der Waals surface area contributed by atoms with E-state index < -0.39 is 11.5 Å². The van der Waals surface area contributed by atoms with Gasteiger partial charge in [0.15, 0.2) is 0 Å². The molecule has 0 fully saturated rings. The number of para-hydroxylation sites is 2. The third-order valence-electron chi connectivity index (χ3n) is 4.29. The highest BCUT2D eigenvalue weighted by molar-refractivity contribution is 5.95.